The summed E-state index contributed by atoms with van der Waals surface area (Å²) in [6.07, 6.45) is 0. The highest BCUT2D eigenvalue weighted by molar-refractivity contribution is 5.91. The number of nitro groups is 1. The van der Waals surface area contributed by atoms with Gasteiger partial charge in [0.1, 0.15) is 0 Å². The van der Waals surface area contributed by atoms with Gasteiger partial charge in [0.15, 0.2) is 0 Å². The Hall–Kier alpha value is -2.18. The van der Waals surface area contributed by atoms with Crippen LogP contribution in [0.15, 0.2) is 10.9 Å². The van der Waals surface area contributed by atoms with Crippen molar-refractivity contribution >= 4 is 11.7 Å². The Morgan fingerprint density at radius 1 is 1.62 bits per heavy atom. The normalized spacial score (nSPS) is 9.88. The largest absolute Gasteiger partial charge is 0.462 e. The first-order valence-corrected chi connectivity index (χ1v) is 4.52. The van der Waals surface area contributed by atoms with Crippen LogP contribution in [-0.4, -0.2) is 22.5 Å². The molecular weight excluding hydrogens is 216 g/mol. The molecule has 0 amide bonds. The Balaban J connectivity index is 3.30. The minimum Gasteiger partial charge on any atom is -0.462 e. The molecule has 16 heavy (non-hydrogen) atoms. The third kappa shape index (κ3) is 2.25. The van der Waals surface area contributed by atoms with Gasteiger partial charge in [-0.1, -0.05) is 0 Å². The Morgan fingerprint density at radius 3 is 2.75 bits per heavy atom. The number of carbonyl (C=O) groups is 1. The van der Waals surface area contributed by atoms with E-state index in [1.54, 1.807) is 6.92 Å². The third-order valence-corrected chi connectivity index (χ3v) is 1.91. The quantitative estimate of drug-likeness (QED) is 0.465. The molecule has 1 aromatic heterocycles. The smallest absolute Gasteiger partial charge is 0.340 e. The Kier molecular flexibility index (Phi) is 3.39. The Morgan fingerprint density at radius 2 is 2.25 bits per heavy atom. The van der Waals surface area contributed by atoms with Gasteiger partial charge in [0.05, 0.1) is 17.1 Å². The van der Waals surface area contributed by atoms with Crippen LogP contribution in [0.2, 0.25) is 0 Å². The zero-order valence-corrected chi connectivity index (χ0v) is 8.77. The lowest BCUT2D eigenvalue weighted by Crippen LogP contribution is -2.17. The summed E-state index contributed by atoms with van der Waals surface area (Å²) in [4.78, 5) is 34.4. The molecule has 1 aromatic rings. The molecule has 0 saturated carbocycles. The molecule has 0 saturated heterocycles. The van der Waals surface area contributed by atoms with Crippen molar-refractivity contribution in [3.63, 3.8) is 0 Å². The minimum atomic E-state index is -0.846. The van der Waals surface area contributed by atoms with E-state index in [9.17, 15) is 19.7 Å². The zero-order chi connectivity index (χ0) is 12.3. The lowest BCUT2D eigenvalue weighted by atomic mass is 10.2. The van der Waals surface area contributed by atoms with Crippen LogP contribution in [0.1, 0.15) is 23.0 Å². The summed E-state index contributed by atoms with van der Waals surface area (Å²) in [5, 5.41) is 10.5. The fourth-order valence-electron chi connectivity index (χ4n) is 1.17. The predicted molar refractivity (Wildman–Crippen MR) is 54.4 cm³/mol. The van der Waals surface area contributed by atoms with E-state index in [0.29, 0.717) is 0 Å². The fraction of sp³-hybridized carbons (Fsp3) is 0.333. The van der Waals surface area contributed by atoms with E-state index in [0.717, 1.165) is 6.07 Å². The van der Waals surface area contributed by atoms with Gasteiger partial charge in [-0.15, -0.1) is 0 Å². The minimum absolute atomic E-state index is 0.00634. The van der Waals surface area contributed by atoms with Gasteiger partial charge in [0.2, 0.25) is 0 Å². The first-order valence-electron chi connectivity index (χ1n) is 4.52. The van der Waals surface area contributed by atoms with Crippen LogP contribution >= 0.6 is 0 Å². The maximum atomic E-state index is 11.4. The maximum absolute atomic E-state index is 11.4. The summed E-state index contributed by atoms with van der Waals surface area (Å²) in [7, 11) is 0. The molecule has 0 unspecified atom stereocenters. The first-order chi connectivity index (χ1) is 7.47. The van der Waals surface area contributed by atoms with Crippen LogP contribution in [0.5, 0.6) is 0 Å². The number of ether oxygens (including phenoxy) is 1. The number of nitrogens with zero attached hydrogens (tertiary/aromatic N) is 1. The number of aromatic amines is 1. The average molecular weight is 226 g/mol. The van der Waals surface area contributed by atoms with Crippen molar-refractivity contribution in [1.29, 1.82) is 0 Å². The van der Waals surface area contributed by atoms with Gasteiger partial charge < -0.3 is 9.72 Å². The topological polar surface area (TPSA) is 102 Å². The number of H-pyrrole nitrogens is 1. The molecule has 0 fully saturated rings. The van der Waals surface area contributed by atoms with Crippen molar-refractivity contribution in [2.75, 3.05) is 6.61 Å². The van der Waals surface area contributed by atoms with Crippen molar-refractivity contribution in [1.82, 2.24) is 4.98 Å². The molecule has 7 heteroatoms. The molecule has 0 aliphatic heterocycles. The number of rotatable bonds is 3. The molecule has 0 radical (unpaired) electrons. The Labute approximate surface area is 90.2 Å². The van der Waals surface area contributed by atoms with E-state index in [1.807, 2.05) is 0 Å². The van der Waals surface area contributed by atoms with Gasteiger partial charge in [0, 0.05) is 11.8 Å². The molecule has 7 nitrogen and oxygen atoms in total. The predicted octanol–water partition coefficient (Wildman–Crippen LogP) is 0.768. The van der Waals surface area contributed by atoms with E-state index in [4.69, 9.17) is 4.74 Å². The summed E-state index contributed by atoms with van der Waals surface area (Å²) < 4.78 is 4.70. The third-order valence-electron chi connectivity index (χ3n) is 1.91. The summed E-state index contributed by atoms with van der Waals surface area (Å²) in [6, 6.07) is 0.923. The molecule has 86 valence electrons. The molecule has 1 heterocycles. The number of hydrogen-bond acceptors (Lipinski definition) is 5. The number of carbonyl (C=O) groups excluding carboxylic acids is 1. The number of aryl methyl sites for hydroxylation is 1. The molecule has 1 N–H and O–H groups in total. The number of aromatic nitrogens is 1. The molecule has 0 spiro atoms. The number of pyridine rings is 1. The summed E-state index contributed by atoms with van der Waals surface area (Å²) >= 11 is 0. The van der Waals surface area contributed by atoms with Crippen molar-refractivity contribution in [2.45, 2.75) is 13.8 Å². The van der Waals surface area contributed by atoms with E-state index >= 15 is 0 Å². The summed E-state index contributed by atoms with van der Waals surface area (Å²) in [5.41, 5.74) is -1.27. The number of nitrogens with one attached hydrogen (secondary N) is 1. The second-order valence-corrected chi connectivity index (χ2v) is 3.00. The van der Waals surface area contributed by atoms with E-state index in [1.165, 1.54) is 6.92 Å². The van der Waals surface area contributed by atoms with Crippen molar-refractivity contribution in [3.05, 3.63) is 37.8 Å². The SMILES string of the molecule is CCOC(=O)c1cc([N+](=O)[O-])c(=O)[nH]c1C. The van der Waals surface area contributed by atoms with Gasteiger partial charge in [-0.3, -0.25) is 14.9 Å². The van der Waals surface area contributed by atoms with E-state index in [-0.39, 0.29) is 17.9 Å². The average Bonchev–Trinajstić information content (AvgIpc) is 2.17. The lowest BCUT2D eigenvalue weighted by Gasteiger charge is -2.04. The fourth-order valence-corrected chi connectivity index (χ4v) is 1.17. The highest BCUT2D eigenvalue weighted by Gasteiger charge is 2.19. The summed E-state index contributed by atoms with van der Waals surface area (Å²) in [5.74, 6) is -0.695. The highest BCUT2D eigenvalue weighted by Crippen LogP contribution is 2.11. The molecule has 1 rings (SSSR count). The van der Waals surface area contributed by atoms with Crippen LogP contribution in [-0.2, 0) is 4.74 Å². The molecule has 0 bridgehead atoms. The lowest BCUT2D eigenvalue weighted by molar-refractivity contribution is -0.386. The standard InChI is InChI=1S/C9H10N2O5/c1-3-16-9(13)6-4-7(11(14)15)8(12)10-5(6)2/h4H,3H2,1-2H3,(H,10,12). The number of esters is 1. The van der Waals surface area contributed by atoms with Crippen LogP contribution in [0.25, 0.3) is 0 Å². The van der Waals surface area contributed by atoms with Gasteiger partial charge in [0.25, 0.3) is 0 Å². The molecular formula is C9H10N2O5. The van der Waals surface area contributed by atoms with Gasteiger partial charge >= 0.3 is 17.2 Å². The van der Waals surface area contributed by atoms with Crippen molar-refractivity contribution < 1.29 is 14.5 Å². The van der Waals surface area contributed by atoms with Gasteiger partial charge in [-0.25, -0.2) is 4.79 Å². The van der Waals surface area contributed by atoms with E-state index < -0.39 is 22.1 Å². The van der Waals surface area contributed by atoms with Crippen LogP contribution in [0.4, 0.5) is 5.69 Å². The summed E-state index contributed by atoms with van der Waals surface area (Å²) in [6.45, 7) is 3.25. The second-order valence-electron chi connectivity index (χ2n) is 3.00. The first kappa shape index (κ1) is 11.9. The number of hydrogen-bond donors (Lipinski definition) is 1. The molecule has 0 aliphatic rings. The second kappa shape index (κ2) is 4.56. The van der Waals surface area contributed by atoms with Crippen LogP contribution < -0.4 is 5.56 Å². The van der Waals surface area contributed by atoms with Crippen molar-refractivity contribution in [3.8, 4) is 0 Å². The molecule has 0 aliphatic carbocycles. The maximum Gasteiger partial charge on any atom is 0.340 e. The zero-order valence-electron chi connectivity index (χ0n) is 8.77. The molecule has 0 atom stereocenters. The Bertz CT molecular complexity index is 491. The monoisotopic (exact) mass is 226 g/mol. The van der Waals surface area contributed by atoms with Crippen LogP contribution in [0, 0.1) is 17.0 Å². The molecule has 0 aromatic carbocycles. The van der Waals surface area contributed by atoms with Gasteiger partial charge in [-0.05, 0) is 13.8 Å². The highest BCUT2D eigenvalue weighted by atomic mass is 16.6. The van der Waals surface area contributed by atoms with Gasteiger partial charge in [-0.2, -0.15) is 0 Å². The van der Waals surface area contributed by atoms with E-state index in [2.05, 4.69) is 4.98 Å². The van der Waals surface area contributed by atoms with Crippen LogP contribution in [0.3, 0.4) is 0 Å². The van der Waals surface area contributed by atoms with Crippen molar-refractivity contribution in [2.24, 2.45) is 0 Å².